The summed E-state index contributed by atoms with van der Waals surface area (Å²) in [6.45, 7) is 4.93. The molecular weight excluding hydrogens is 348 g/mol. The Labute approximate surface area is 157 Å². The molecule has 1 fully saturated rings. The topological polar surface area (TPSA) is 122 Å². The second-order valence-corrected chi connectivity index (χ2v) is 7.78. The molecule has 4 N–H and O–H groups in total. The molecule has 2 aliphatic rings. The first-order chi connectivity index (χ1) is 12.7. The molecular formula is C19H24N4O4. The second-order valence-electron chi connectivity index (χ2n) is 7.78. The quantitative estimate of drug-likeness (QED) is 0.636. The van der Waals surface area contributed by atoms with Gasteiger partial charge in [0.15, 0.2) is 0 Å². The largest absolute Gasteiger partial charge is 0.351 e. The van der Waals surface area contributed by atoms with Crippen molar-refractivity contribution in [3.63, 3.8) is 0 Å². The standard InChI is InChI=1S/C19H24N4O4/c1-19(2,9-20)10-21-16(25)11-4-3-5-12-13(11)8-23(18(12)27)14-6-7-15(24)22-17(14)26/h3-5,14H,6-10,20H2,1-2H3,(H,21,25)(H,22,24,26). The van der Waals surface area contributed by atoms with Gasteiger partial charge in [-0.25, -0.2) is 0 Å². The third-order valence-corrected chi connectivity index (χ3v) is 5.11. The molecule has 1 aromatic rings. The predicted molar refractivity (Wildman–Crippen MR) is 97.7 cm³/mol. The zero-order chi connectivity index (χ0) is 19.8. The Balaban J connectivity index is 1.80. The number of fused-ring (bicyclic) bond motifs is 1. The molecule has 0 spiro atoms. The van der Waals surface area contributed by atoms with E-state index in [1.807, 2.05) is 13.8 Å². The number of imide groups is 1. The van der Waals surface area contributed by atoms with E-state index in [-0.39, 0.29) is 42.5 Å². The molecule has 8 heteroatoms. The fraction of sp³-hybridized carbons (Fsp3) is 0.474. The van der Waals surface area contributed by atoms with Crippen LogP contribution in [-0.4, -0.2) is 47.7 Å². The molecule has 1 unspecified atom stereocenters. The van der Waals surface area contributed by atoms with Gasteiger partial charge in [-0.2, -0.15) is 0 Å². The van der Waals surface area contributed by atoms with Gasteiger partial charge in [0.2, 0.25) is 11.8 Å². The van der Waals surface area contributed by atoms with E-state index in [4.69, 9.17) is 5.73 Å². The number of nitrogens with zero attached hydrogens (tertiary/aromatic N) is 1. The number of hydrogen-bond donors (Lipinski definition) is 3. The number of nitrogens with one attached hydrogen (secondary N) is 2. The molecule has 2 heterocycles. The number of hydrogen-bond acceptors (Lipinski definition) is 5. The van der Waals surface area contributed by atoms with Crippen molar-refractivity contribution in [2.24, 2.45) is 11.1 Å². The van der Waals surface area contributed by atoms with Gasteiger partial charge in [-0.15, -0.1) is 0 Å². The van der Waals surface area contributed by atoms with Crippen molar-refractivity contribution in [2.75, 3.05) is 13.1 Å². The monoisotopic (exact) mass is 372 g/mol. The van der Waals surface area contributed by atoms with Crippen LogP contribution in [0.15, 0.2) is 18.2 Å². The van der Waals surface area contributed by atoms with Gasteiger partial charge in [0.1, 0.15) is 6.04 Å². The molecule has 0 saturated carbocycles. The number of carbonyl (C=O) groups excluding carboxylic acids is 4. The summed E-state index contributed by atoms with van der Waals surface area (Å²) in [4.78, 5) is 50.4. The van der Waals surface area contributed by atoms with Crippen molar-refractivity contribution < 1.29 is 19.2 Å². The van der Waals surface area contributed by atoms with E-state index in [0.717, 1.165) is 0 Å². The van der Waals surface area contributed by atoms with Crippen LogP contribution >= 0.6 is 0 Å². The first kappa shape index (κ1) is 19.0. The highest BCUT2D eigenvalue weighted by molar-refractivity contribution is 6.07. The first-order valence-electron chi connectivity index (χ1n) is 8.98. The minimum absolute atomic E-state index is 0.171. The number of piperidine rings is 1. The molecule has 1 atom stereocenters. The maximum absolute atomic E-state index is 12.8. The maximum atomic E-state index is 12.8. The predicted octanol–water partition coefficient (Wildman–Crippen LogP) is 0.162. The second kappa shape index (κ2) is 7.11. The van der Waals surface area contributed by atoms with E-state index in [1.54, 1.807) is 18.2 Å². The fourth-order valence-electron chi connectivity index (χ4n) is 3.29. The van der Waals surface area contributed by atoms with Gasteiger partial charge in [-0.05, 0) is 36.1 Å². The lowest BCUT2D eigenvalue weighted by Gasteiger charge is -2.29. The van der Waals surface area contributed by atoms with Crippen LogP contribution in [0.4, 0.5) is 0 Å². The highest BCUT2D eigenvalue weighted by atomic mass is 16.2. The van der Waals surface area contributed by atoms with Crippen molar-refractivity contribution in [3.05, 3.63) is 34.9 Å². The Kier molecular flexibility index (Phi) is 5.01. The van der Waals surface area contributed by atoms with Gasteiger partial charge in [0, 0.05) is 30.6 Å². The third kappa shape index (κ3) is 3.71. The zero-order valence-corrected chi connectivity index (χ0v) is 15.5. The molecule has 27 heavy (non-hydrogen) atoms. The Morgan fingerprint density at radius 1 is 1.33 bits per heavy atom. The number of carbonyl (C=O) groups is 4. The highest BCUT2D eigenvalue weighted by Crippen LogP contribution is 2.29. The number of nitrogens with two attached hydrogens (primary N) is 1. The summed E-state index contributed by atoms with van der Waals surface area (Å²) in [5.41, 5.74) is 6.91. The van der Waals surface area contributed by atoms with Crippen molar-refractivity contribution in [2.45, 2.75) is 39.3 Å². The Hall–Kier alpha value is -2.74. The summed E-state index contributed by atoms with van der Waals surface area (Å²) in [7, 11) is 0. The molecule has 0 aliphatic carbocycles. The zero-order valence-electron chi connectivity index (χ0n) is 15.5. The van der Waals surface area contributed by atoms with Crippen LogP contribution in [0.3, 0.4) is 0 Å². The highest BCUT2D eigenvalue weighted by Gasteiger charge is 2.40. The van der Waals surface area contributed by atoms with Crippen LogP contribution in [0.25, 0.3) is 0 Å². The fourth-order valence-corrected chi connectivity index (χ4v) is 3.29. The van der Waals surface area contributed by atoms with Crippen molar-refractivity contribution in [1.29, 1.82) is 0 Å². The van der Waals surface area contributed by atoms with Crippen molar-refractivity contribution in [1.82, 2.24) is 15.5 Å². The average Bonchev–Trinajstić information content (AvgIpc) is 2.96. The molecule has 2 aliphatic heterocycles. The third-order valence-electron chi connectivity index (χ3n) is 5.11. The Morgan fingerprint density at radius 3 is 2.74 bits per heavy atom. The van der Waals surface area contributed by atoms with Gasteiger partial charge in [0.05, 0.1) is 0 Å². The molecule has 3 rings (SSSR count). The van der Waals surface area contributed by atoms with Crippen LogP contribution in [-0.2, 0) is 16.1 Å². The normalized spacial score (nSPS) is 19.7. The molecule has 8 nitrogen and oxygen atoms in total. The van der Waals surface area contributed by atoms with Crippen molar-refractivity contribution in [3.8, 4) is 0 Å². The van der Waals surface area contributed by atoms with E-state index in [9.17, 15) is 19.2 Å². The minimum atomic E-state index is -0.699. The van der Waals surface area contributed by atoms with Crippen LogP contribution in [0.5, 0.6) is 0 Å². The molecule has 0 bridgehead atoms. The van der Waals surface area contributed by atoms with Gasteiger partial charge in [0.25, 0.3) is 11.8 Å². The molecule has 0 radical (unpaired) electrons. The van der Waals surface area contributed by atoms with Gasteiger partial charge in [-0.3, -0.25) is 24.5 Å². The van der Waals surface area contributed by atoms with E-state index in [2.05, 4.69) is 10.6 Å². The summed E-state index contributed by atoms with van der Waals surface area (Å²) < 4.78 is 0. The molecule has 4 amide bonds. The van der Waals surface area contributed by atoms with Crippen molar-refractivity contribution >= 4 is 23.6 Å². The minimum Gasteiger partial charge on any atom is -0.351 e. The van der Waals surface area contributed by atoms with Crippen LogP contribution in [0.2, 0.25) is 0 Å². The SMILES string of the molecule is CC(C)(CN)CNC(=O)c1cccc2c1CN(C1CCC(=O)NC1=O)C2=O. The summed E-state index contributed by atoms with van der Waals surface area (Å²) >= 11 is 0. The maximum Gasteiger partial charge on any atom is 0.255 e. The van der Waals surface area contributed by atoms with E-state index in [0.29, 0.717) is 29.8 Å². The summed E-state index contributed by atoms with van der Waals surface area (Å²) in [6.07, 6.45) is 0.481. The number of rotatable bonds is 5. The Morgan fingerprint density at radius 2 is 2.07 bits per heavy atom. The number of benzene rings is 1. The molecule has 144 valence electrons. The van der Waals surface area contributed by atoms with Crippen LogP contribution in [0.1, 0.15) is 53.0 Å². The summed E-state index contributed by atoms with van der Waals surface area (Å²) in [5.74, 6) is -1.37. The average molecular weight is 372 g/mol. The van der Waals surface area contributed by atoms with Gasteiger partial charge < -0.3 is 16.0 Å². The van der Waals surface area contributed by atoms with E-state index < -0.39 is 11.9 Å². The first-order valence-corrected chi connectivity index (χ1v) is 8.98. The lowest BCUT2D eigenvalue weighted by Crippen LogP contribution is -2.52. The molecule has 1 saturated heterocycles. The van der Waals surface area contributed by atoms with Gasteiger partial charge >= 0.3 is 0 Å². The molecule has 0 aromatic heterocycles. The lowest BCUT2D eigenvalue weighted by molar-refractivity contribution is -0.136. The van der Waals surface area contributed by atoms with Crippen LogP contribution in [0, 0.1) is 5.41 Å². The van der Waals surface area contributed by atoms with E-state index >= 15 is 0 Å². The smallest absolute Gasteiger partial charge is 0.255 e. The summed E-state index contributed by atoms with van der Waals surface area (Å²) in [6, 6.07) is 4.29. The van der Waals surface area contributed by atoms with Gasteiger partial charge in [-0.1, -0.05) is 19.9 Å². The van der Waals surface area contributed by atoms with E-state index in [1.165, 1.54) is 4.90 Å². The lowest BCUT2D eigenvalue weighted by atomic mass is 9.93. The molecule has 1 aromatic carbocycles. The van der Waals surface area contributed by atoms with Crippen LogP contribution < -0.4 is 16.4 Å². The number of amides is 4. The Bertz CT molecular complexity index is 818. The summed E-state index contributed by atoms with van der Waals surface area (Å²) in [5, 5.41) is 5.14.